The van der Waals surface area contributed by atoms with E-state index in [2.05, 4.69) is 15.4 Å². The highest BCUT2D eigenvalue weighted by molar-refractivity contribution is 7.98. The first-order chi connectivity index (χ1) is 7.74. The lowest BCUT2D eigenvalue weighted by atomic mass is 10.1. The van der Waals surface area contributed by atoms with Crippen LogP contribution in [-0.2, 0) is 0 Å². The van der Waals surface area contributed by atoms with Crippen LogP contribution in [0.2, 0.25) is 0 Å². The number of aromatic nitrogens is 4. The molecule has 0 radical (unpaired) electrons. The largest absolute Gasteiger partial charge is 0.590 e. The zero-order chi connectivity index (χ0) is 13.2. The third kappa shape index (κ3) is 3.37. The van der Waals surface area contributed by atoms with Gasteiger partial charge in [-0.25, -0.2) is 0 Å². The molecule has 0 N–H and O–H groups in total. The van der Waals surface area contributed by atoms with Gasteiger partial charge < -0.3 is 15.6 Å². The van der Waals surface area contributed by atoms with Gasteiger partial charge >= 0.3 is 16.1 Å². The van der Waals surface area contributed by atoms with Gasteiger partial charge in [-0.2, -0.15) is 0 Å². The second-order valence-electron chi connectivity index (χ2n) is 4.09. The van der Waals surface area contributed by atoms with Crippen molar-refractivity contribution < 1.29 is 14.7 Å². The van der Waals surface area contributed by atoms with Crippen LogP contribution in [0.15, 0.2) is 10.1 Å². The van der Waals surface area contributed by atoms with Crippen LogP contribution < -0.4 is 9.80 Å². The third-order valence-electron chi connectivity index (χ3n) is 1.47. The molecule has 0 aliphatic heterocycles. The Balaban J connectivity index is 3.35. The van der Waals surface area contributed by atoms with Crippen molar-refractivity contribution in [1.29, 1.82) is 0 Å². The predicted molar refractivity (Wildman–Crippen MR) is 57.2 cm³/mol. The van der Waals surface area contributed by atoms with E-state index in [4.69, 9.17) is 0 Å². The molecule has 0 fully saturated rings. The molecule has 0 unspecified atom stereocenters. The molecule has 0 saturated heterocycles. The molecule has 0 amide bonds. The van der Waals surface area contributed by atoms with Crippen molar-refractivity contribution in [3.63, 3.8) is 0 Å². The summed E-state index contributed by atoms with van der Waals surface area (Å²) < 4.78 is 0. The molecule has 17 heavy (non-hydrogen) atoms. The Morgan fingerprint density at radius 1 is 1.35 bits per heavy atom. The lowest BCUT2D eigenvalue weighted by molar-refractivity contribution is -0.891. The van der Waals surface area contributed by atoms with Gasteiger partial charge in [0.05, 0.1) is 9.94 Å². The Bertz CT molecular complexity index is 458. The minimum absolute atomic E-state index is 0.0343. The Morgan fingerprint density at radius 3 is 2.41 bits per heavy atom. The van der Waals surface area contributed by atoms with E-state index < -0.39 is 11.4 Å². The van der Waals surface area contributed by atoms with Gasteiger partial charge in [0.15, 0.2) is 0 Å². The molecule has 0 spiro atoms. The number of rotatable bonds is 2. The second-order valence-corrected chi connectivity index (χ2v) is 4.89. The van der Waals surface area contributed by atoms with E-state index in [1.165, 1.54) is 0 Å². The highest BCUT2D eigenvalue weighted by Crippen LogP contribution is 2.20. The highest BCUT2D eigenvalue weighted by atomic mass is 32.2. The summed E-state index contributed by atoms with van der Waals surface area (Å²) in [6.07, 6.45) is 1.58. The predicted octanol–water partition coefficient (Wildman–Crippen LogP) is -0.142. The number of hydrogen-bond acceptors (Lipinski definition) is 7. The van der Waals surface area contributed by atoms with Gasteiger partial charge in [0, 0.05) is 4.86 Å². The molecule has 0 aliphatic carbocycles. The molecule has 1 aromatic rings. The summed E-state index contributed by atoms with van der Waals surface area (Å²) in [6, 6.07) is 0. The van der Waals surface area contributed by atoms with Gasteiger partial charge in [-0.05, 0) is 32.1 Å². The molecule has 0 atom stereocenters. The van der Waals surface area contributed by atoms with Crippen molar-refractivity contribution in [2.45, 2.75) is 31.3 Å². The molecule has 94 valence electrons. The molecule has 0 aliphatic rings. The number of thioether (sulfide) groups is 1. The summed E-state index contributed by atoms with van der Waals surface area (Å²) in [5, 5.41) is 43.9. The normalized spacial score (nSPS) is 12.8. The van der Waals surface area contributed by atoms with Crippen molar-refractivity contribution in [3.8, 4) is 0 Å². The zero-order valence-electron chi connectivity index (χ0n) is 9.82. The molecule has 1 heterocycles. The fourth-order valence-electron chi connectivity index (χ4n) is 0.943. The summed E-state index contributed by atoms with van der Waals surface area (Å²) in [5.41, 5.74) is -0.659. The average Bonchev–Trinajstić information content (AvgIpc) is 2.12. The summed E-state index contributed by atoms with van der Waals surface area (Å²) in [5.74, 6) is -0.417. The standard InChI is InChI=1S/C7H12N6O3S/c1-7(2,3)9-11(14)6-5(17-4)8-13(16)10-12(6)15/h1-4H3. The molecular weight excluding hydrogens is 248 g/mol. The van der Waals surface area contributed by atoms with E-state index in [-0.39, 0.29) is 19.7 Å². The van der Waals surface area contributed by atoms with Crippen molar-refractivity contribution >= 4 is 17.6 Å². The lowest BCUT2D eigenvalue weighted by Gasteiger charge is -2.08. The highest BCUT2D eigenvalue weighted by Gasteiger charge is 2.33. The van der Waals surface area contributed by atoms with Crippen LogP contribution in [-0.4, -0.2) is 27.0 Å². The van der Waals surface area contributed by atoms with Crippen molar-refractivity contribution in [1.82, 2.24) is 10.3 Å². The molecular formula is C7H12N6O3S. The molecule has 0 bridgehead atoms. The van der Waals surface area contributed by atoms with Gasteiger partial charge in [-0.15, -0.1) is 0 Å². The van der Waals surface area contributed by atoms with Crippen molar-refractivity contribution in [2.75, 3.05) is 6.26 Å². The van der Waals surface area contributed by atoms with Gasteiger partial charge in [-0.3, -0.25) is 0 Å². The van der Waals surface area contributed by atoms with E-state index in [1.807, 2.05) is 0 Å². The Morgan fingerprint density at radius 2 is 1.94 bits per heavy atom. The van der Waals surface area contributed by atoms with E-state index in [9.17, 15) is 15.6 Å². The Labute approximate surface area is 101 Å². The van der Waals surface area contributed by atoms with Gasteiger partial charge in [0.25, 0.3) is 0 Å². The molecule has 1 rings (SSSR count). The fraction of sp³-hybridized carbons (Fsp3) is 0.714. The smallest absolute Gasteiger partial charge is 0.562 e. The van der Waals surface area contributed by atoms with Gasteiger partial charge in [0.2, 0.25) is 0 Å². The maximum Gasteiger partial charge on any atom is 0.562 e. The minimum Gasteiger partial charge on any atom is -0.590 e. The van der Waals surface area contributed by atoms with E-state index in [0.717, 1.165) is 11.8 Å². The average molecular weight is 260 g/mol. The number of hydrogen-bond donors (Lipinski definition) is 0. The third-order valence-corrected chi connectivity index (χ3v) is 2.12. The molecule has 0 saturated carbocycles. The molecule has 9 nitrogen and oxygen atoms in total. The van der Waals surface area contributed by atoms with E-state index >= 15 is 0 Å². The van der Waals surface area contributed by atoms with Crippen molar-refractivity contribution in [3.05, 3.63) is 15.6 Å². The summed E-state index contributed by atoms with van der Waals surface area (Å²) in [6.45, 7) is 5.09. The fourth-order valence-corrected chi connectivity index (χ4v) is 1.43. The first-order valence-electron chi connectivity index (χ1n) is 4.60. The monoisotopic (exact) mass is 260 g/mol. The summed E-state index contributed by atoms with van der Waals surface area (Å²) >= 11 is 0.984. The first kappa shape index (κ1) is 13.4. The topological polar surface area (TPSA) is 118 Å². The SMILES string of the molecule is CSc1n[n+]([O-])n[n+]([O-])c1[N+]([O-])=NC(C)(C)C. The molecule has 0 aromatic carbocycles. The second kappa shape index (κ2) is 4.65. The van der Waals surface area contributed by atoms with Crippen LogP contribution in [0, 0.1) is 15.6 Å². The van der Waals surface area contributed by atoms with E-state index in [0.29, 0.717) is 0 Å². The quantitative estimate of drug-likeness (QED) is 0.240. The Kier molecular flexibility index (Phi) is 3.66. The minimum atomic E-state index is -0.659. The lowest BCUT2D eigenvalue weighted by Crippen LogP contribution is -2.51. The molecule has 1 aromatic heterocycles. The Hall–Kier alpha value is -1.71. The molecule has 10 heteroatoms. The summed E-state index contributed by atoms with van der Waals surface area (Å²) in [4.78, 5) is -0.0971. The van der Waals surface area contributed by atoms with Crippen LogP contribution >= 0.6 is 11.8 Å². The first-order valence-corrected chi connectivity index (χ1v) is 5.83. The van der Waals surface area contributed by atoms with Crippen LogP contribution in [0.4, 0.5) is 5.82 Å². The van der Waals surface area contributed by atoms with Crippen LogP contribution in [0.1, 0.15) is 20.8 Å². The zero-order valence-corrected chi connectivity index (χ0v) is 10.6. The summed E-state index contributed by atoms with van der Waals surface area (Å²) in [7, 11) is 0. The van der Waals surface area contributed by atoms with Crippen LogP contribution in [0.5, 0.6) is 0 Å². The maximum absolute atomic E-state index is 11.7. The van der Waals surface area contributed by atoms with Crippen molar-refractivity contribution in [2.24, 2.45) is 5.11 Å². The van der Waals surface area contributed by atoms with E-state index in [1.54, 1.807) is 27.0 Å². The number of azo groups is 1. The number of nitrogens with zero attached hydrogens (tertiary/aromatic N) is 6. The maximum atomic E-state index is 11.7. The van der Waals surface area contributed by atoms with Gasteiger partial charge in [0.1, 0.15) is 10.5 Å². The van der Waals surface area contributed by atoms with Gasteiger partial charge in [-0.1, -0.05) is 11.8 Å². The van der Waals surface area contributed by atoms with Crippen LogP contribution in [0.25, 0.3) is 0 Å². The van der Waals surface area contributed by atoms with Crippen LogP contribution in [0.3, 0.4) is 0 Å².